The van der Waals surface area contributed by atoms with E-state index in [0.29, 0.717) is 4.88 Å². The molecule has 2 rings (SSSR count). The molecule has 5 heteroatoms. The lowest BCUT2D eigenvalue weighted by Gasteiger charge is -2.07. The second-order valence-corrected chi connectivity index (χ2v) is 5.19. The van der Waals surface area contributed by atoms with Crippen molar-refractivity contribution in [2.45, 2.75) is 26.7 Å². The van der Waals surface area contributed by atoms with Crippen molar-refractivity contribution in [2.24, 2.45) is 0 Å². The molecular weight excluding hydrogens is 256 g/mol. The van der Waals surface area contributed by atoms with E-state index < -0.39 is 0 Å². The predicted molar refractivity (Wildman–Crippen MR) is 78.2 cm³/mol. The number of hydrogen-bond acceptors (Lipinski definition) is 5. The second-order valence-electron chi connectivity index (χ2n) is 4.11. The van der Waals surface area contributed by atoms with E-state index in [1.165, 1.54) is 11.3 Å². The summed E-state index contributed by atoms with van der Waals surface area (Å²) in [6.45, 7) is 5.06. The highest BCUT2D eigenvalue weighted by Crippen LogP contribution is 2.27. The molecule has 2 heterocycles. The molecule has 19 heavy (non-hydrogen) atoms. The van der Waals surface area contributed by atoms with Crippen LogP contribution < -0.4 is 5.32 Å². The lowest BCUT2D eigenvalue weighted by Crippen LogP contribution is -2.05. The molecule has 0 aromatic carbocycles. The Bertz CT molecular complexity index is 598. The van der Waals surface area contributed by atoms with Crippen molar-refractivity contribution >= 4 is 17.2 Å². The summed E-state index contributed by atoms with van der Waals surface area (Å²) in [6.07, 6.45) is 1.85. The number of rotatable bonds is 5. The number of aryl methyl sites for hydroxylation is 1. The summed E-state index contributed by atoms with van der Waals surface area (Å²) >= 11 is 1.46. The van der Waals surface area contributed by atoms with Gasteiger partial charge in [0.1, 0.15) is 22.6 Å². The molecule has 0 aliphatic carbocycles. The van der Waals surface area contributed by atoms with E-state index in [1.54, 1.807) is 0 Å². The van der Waals surface area contributed by atoms with E-state index in [9.17, 15) is 0 Å². The molecule has 0 unspecified atom stereocenters. The molecule has 0 fully saturated rings. The van der Waals surface area contributed by atoms with E-state index in [0.717, 1.165) is 41.6 Å². The van der Waals surface area contributed by atoms with Crippen LogP contribution in [0, 0.1) is 11.3 Å². The van der Waals surface area contributed by atoms with Gasteiger partial charge in [-0.1, -0.05) is 13.8 Å². The maximum atomic E-state index is 8.88. The zero-order valence-electron chi connectivity index (χ0n) is 11.1. The zero-order chi connectivity index (χ0) is 13.7. The first-order valence-corrected chi connectivity index (χ1v) is 7.20. The number of nitrogens with one attached hydrogen (secondary N) is 1. The van der Waals surface area contributed by atoms with Gasteiger partial charge >= 0.3 is 0 Å². The summed E-state index contributed by atoms with van der Waals surface area (Å²) in [7, 11) is 0. The summed E-state index contributed by atoms with van der Waals surface area (Å²) in [5.74, 6) is 1.68. The minimum absolute atomic E-state index is 0.703. The van der Waals surface area contributed by atoms with Crippen LogP contribution in [-0.2, 0) is 6.42 Å². The minimum Gasteiger partial charge on any atom is -0.370 e. The number of aromatic nitrogens is 2. The van der Waals surface area contributed by atoms with Crippen molar-refractivity contribution in [2.75, 3.05) is 11.9 Å². The molecule has 1 N–H and O–H groups in total. The van der Waals surface area contributed by atoms with Gasteiger partial charge in [-0.15, -0.1) is 11.3 Å². The van der Waals surface area contributed by atoms with Crippen LogP contribution in [0.15, 0.2) is 18.2 Å². The van der Waals surface area contributed by atoms with E-state index in [2.05, 4.69) is 28.3 Å². The molecule has 0 bridgehead atoms. The van der Waals surface area contributed by atoms with E-state index in [4.69, 9.17) is 5.26 Å². The van der Waals surface area contributed by atoms with Gasteiger partial charge in [0.25, 0.3) is 0 Å². The zero-order valence-corrected chi connectivity index (χ0v) is 11.9. The molecule has 98 valence electrons. The summed E-state index contributed by atoms with van der Waals surface area (Å²) in [5, 5.41) is 12.2. The van der Waals surface area contributed by atoms with Crippen LogP contribution in [0.4, 0.5) is 5.82 Å². The molecule has 0 aliphatic heterocycles. The van der Waals surface area contributed by atoms with Crippen LogP contribution >= 0.6 is 11.3 Å². The number of nitriles is 1. The van der Waals surface area contributed by atoms with Gasteiger partial charge in [-0.2, -0.15) is 5.26 Å². The van der Waals surface area contributed by atoms with Crippen LogP contribution in [0.25, 0.3) is 10.6 Å². The van der Waals surface area contributed by atoms with Crippen LogP contribution in [0.5, 0.6) is 0 Å². The SMILES string of the molecule is CCCNc1cc(-c2ccc(C#N)s2)nc(CC)n1. The molecule has 0 spiro atoms. The van der Waals surface area contributed by atoms with Gasteiger partial charge in [0.05, 0.1) is 10.6 Å². The standard InChI is InChI=1S/C14H16N4S/c1-3-7-16-14-8-11(17-13(4-2)18-14)12-6-5-10(9-15)19-12/h5-6,8H,3-4,7H2,1-2H3,(H,16,17,18). The third kappa shape index (κ3) is 3.30. The summed E-state index contributed by atoms with van der Waals surface area (Å²) in [4.78, 5) is 10.7. The molecule has 2 aromatic heterocycles. The lowest BCUT2D eigenvalue weighted by atomic mass is 10.3. The topological polar surface area (TPSA) is 61.6 Å². The first-order valence-electron chi connectivity index (χ1n) is 6.39. The average molecular weight is 272 g/mol. The van der Waals surface area contributed by atoms with Gasteiger partial charge in [0, 0.05) is 19.0 Å². The maximum Gasteiger partial charge on any atom is 0.131 e. The Labute approximate surface area is 117 Å². The highest BCUT2D eigenvalue weighted by Gasteiger charge is 2.08. The van der Waals surface area contributed by atoms with Crippen molar-refractivity contribution in [3.8, 4) is 16.6 Å². The Morgan fingerprint density at radius 3 is 2.79 bits per heavy atom. The Morgan fingerprint density at radius 1 is 1.32 bits per heavy atom. The molecule has 0 aliphatic rings. The van der Waals surface area contributed by atoms with Crippen molar-refractivity contribution in [3.05, 3.63) is 28.9 Å². The van der Waals surface area contributed by atoms with Crippen molar-refractivity contribution in [3.63, 3.8) is 0 Å². The van der Waals surface area contributed by atoms with Gasteiger partial charge in [-0.25, -0.2) is 9.97 Å². The van der Waals surface area contributed by atoms with Gasteiger partial charge < -0.3 is 5.32 Å². The molecule has 0 radical (unpaired) electrons. The first-order chi connectivity index (χ1) is 9.26. The first kappa shape index (κ1) is 13.5. The number of anilines is 1. The Hall–Kier alpha value is -1.93. The molecule has 0 atom stereocenters. The normalized spacial score (nSPS) is 10.2. The third-order valence-corrected chi connectivity index (χ3v) is 3.63. The van der Waals surface area contributed by atoms with Crippen molar-refractivity contribution in [1.29, 1.82) is 5.26 Å². The molecule has 4 nitrogen and oxygen atoms in total. The van der Waals surface area contributed by atoms with Crippen molar-refractivity contribution in [1.82, 2.24) is 9.97 Å². The fraction of sp³-hybridized carbons (Fsp3) is 0.357. The van der Waals surface area contributed by atoms with Crippen LogP contribution in [0.1, 0.15) is 31.0 Å². The van der Waals surface area contributed by atoms with Gasteiger partial charge in [0.15, 0.2) is 0 Å². The Morgan fingerprint density at radius 2 is 2.16 bits per heavy atom. The fourth-order valence-corrected chi connectivity index (χ4v) is 2.42. The Balaban J connectivity index is 2.36. The predicted octanol–water partition coefficient (Wildman–Crippen LogP) is 3.46. The quantitative estimate of drug-likeness (QED) is 0.905. The van der Waals surface area contributed by atoms with Crippen molar-refractivity contribution < 1.29 is 0 Å². The van der Waals surface area contributed by atoms with Crippen LogP contribution in [0.3, 0.4) is 0 Å². The Kier molecular flexibility index (Phi) is 4.48. The molecule has 2 aromatic rings. The summed E-state index contributed by atoms with van der Waals surface area (Å²) in [6, 6.07) is 7.87. The largest absolute Gasteiger partial charge is 0.370 e. The number of thiophene rings is 1. The van der Waals surface area contributed by atoms with Gasteiger partial charge in [-0.3, -0.25) is 0 Å². The van der Waals surface area contributed by atoms with E-state index in [1.807, 2.05) is 25.1 Å². The van der Waals surface area contributed by atoms with Crippen LogP contribution in [0.2, 0.25) is 0 Å². The summed E-state index contributed by atoms with van der Waals surface area (Å²) < 4.78 is 0. The summed E-state index contributed by atoms with van der Waals surface area (Å²) in [5.41, 5.74) is 0.886. The molecular formula is C14H16N4S. The number of nitrogens with zero attached hydrogens (tertiary/aromatic N) is 3. The van der Waals surface area contributed by atoms with E-state index in [-0.39, 0.29) is 0 Å². The highest BCUT2D eigenvalue weighted by molar-refractivity contribution is 7.15. The van der Waals surface area contributed by atoms with E-state index >= 15 is 0 Å². The third-order valence-electron chi connectivity index (χ3n) is 2.61. The fourth-order valence-electron chi connectivity index (χ4n) is 1.66. The smallest absolute Gasteiger partial charge is 0.131 e. The van der Waals surface area contributed by atoms with Crippen LogP contribution in [-0.4, -0.2) is 16.5 Å². The lowest BCUT2D eigenvalue weighted by molar-refractivity contribution is 0.920. The number of hydrogen-bond donors (Lipinski definition) is 1. The monoisotopic (exact) mass is 272 g/mol. The maximum absolute atomic E-state index is 8.88. The second kappa shape index (κ2) is 6.30. The molecule has 0 saturated carbocycles. The van der Waals surface area contributed by atoms with Gasteiger partial charge in [-0.05, 0) is 18.6 Å². The molecule has 0 amide bonds. The highest BCUT2D eigenvalue weighted by atomic mass is 32.1. The minimum atomic E-state index is 0.703. The van der Waals surface area contributed by atoms with Gasteiger partial charge in [0.2, 0.25) is 0 Å². The average Bonchev–Trinajstić information content (AvgIpc) is 2.93. The molecule has 0 saturated heterocycles.